The van der Waals surface area contributed by atoms with E-state index >= 15 is 0 Å². The van der Waals surface area contributed by atoms with Gasteiger partial charge in [0.1, 0.15) is 5.82 Å². The molecule has 0 aliphatic carbocycles. The summed E-state index contributed by atoms with van der Waals surface area (Å²) >= 11 is 12.3. The van der Waals surface area contributed by atoms with Crippen molar-refractivity contribution in [1.29, 1.82) is 0 Å². The van der Waals surface area contributed by atoms with Crippen LogP contribution in [0.5, 0.6) is 0 Å². The second-order valence-electron chi connectivity index (χ2n) is 3.84. The molecule has 1 aromatic carbocycles. The Kier molecular flexibility index (Phi) is 5.17. The molecule has 0 saturated heterocycles. The molecule has 114 valence electrons. The average Bonchev–Trinajstić information content (AvgIpc) is 2.72. The van der Waals surface area contributed by atoms with E-state index in [-0.39, 0.29) is 16.7 Å². The van der Waals surface area contributed by atoms with Crippen molar-refractivity contribution < 1.29 is 17.6 Å². The number of nitrogens with zero attached hydrogens (tertiary/aromatic N) is 1. The first kappa shape index (κ1) is 17.0. The minimum atomic E-state index is -4.62. The first-order valence-electron chi connectivity index (χ1n) is 5.29. The van der Waals surface area contributed by atoms with Crippen molar-refractivity contribution in [3.63, 3.8) is 0 Å². The molecule has 1 N–H and O–H groups in total. The van der Waals surface area contributed by atoms with Gasteiger partial charge in [-0.3, -0.25) is 0 Å². The normalized spacial score (nSPS) is 11.8. The lowest BCUT2D eigenvalue weighted by atomic mass is 10.2. The first-order valence-corrected chi connectivity index (χ1v) is 8.07. The maximum absolute atomic E-state index is 13.9. The van der Waals surface area contributed by atoms with Gasteiger partial charge in [-0.15, -0.1) is 11.3 Å². The van der Waals surface area contributed by atoms with Crippen LogP contribution in [0.4, 0.5) is 23.2 Å². The van der Waals surface area contributed by atoms with Crippen molar-refractivity contribution in [3.8, 4) is 0 Å². The molecular weight excluding hydrogens is 463 g/mol. The molecule has 0 fully saturated rings. The molecule has 0 amide bonds. The molecule has 1 heterocycles. The molecule has 0 spiro atoms. The van der Waals surface area contributed by atoms with Crippen molar-refractivity contribution in [2.45, 2.75) is 12.7 Å². The van der Waals surface area contributed by atoms with E-state index < -0.39 is 22.0 Å². The highest BCUT2D eigenvalue weighted by atomic mass is 79.9. The van der Waals surface area contributed by atoms with Gasteiger partial charge in [-0.2, -0.15) is 13.2 Å². The Labute approximate surface area is 142 Å². The quantitative estimate of drug-likeness (QED) is 0.552. The molecule has 0 unspecified atom stereocenters. The summed E-state index contributed by atoms with van der Waals surface area (Å²) in [7, 11) is 0. The van der Waals surface area contributed by atoms with Crippen LogP contribution in [0.1, 0.15) is 10.4 Å². The summed E-state index contributed by atoms with van der Waals surface area (Å²) in [5, 5.41) is 2.62. The van der Waals surface area contributed by atoms with Crippen LogP contribution in [0, 0.1) is 5.82 Å². The molecular formula is C11H5Br2ClF4N2S. The molecule has 10 heteroatoms. The van der Waals surface area contributed by atoms with Gasteiger partial charge in [0.05, 0.1) is 22.3 Å². The lowest BCUT2D eigenvalue weighted by Gasteiger charge is -2.16. The summed E-state index contributed by atoms with van der Waals surface area (Å²) in [5.74, 6) is -0.808. The Balaban J connectivity index is 2.35. The van der Waals surface area contributed by atoms with Crippen molar-refractivity contribution >= 4 is 60.5 Å². The van der Waals surface area contributed by atoms with Crippen LogP contribution in [0.15, 0.2) is 21.2 Å². The number of halogens is 7. The van der Waals surface area contributed by atoms with Gasteiger partial charge in [0, 0.05) is 15.5 Å². The number of anilines is 1. The van der Waals surface area contributed by atoms with Crippen LogP contribution in [0.25, 0.3) is 0 Å². The molecule has 0 aliphatic heterocycles. The molecule has 0 radical (unpaired) electrons. The first-order chi connectivity index (χ1) is 9.70. The monoisotopic (exact) mass is 466 g/mol. The van der Waals surface area contributed by atoms with Crippen LogP contribution < -0.4 is 5.32 Å². The minimum absolute atomic E-state index is 0.110. The van der Waals surface area contributed by atoms with Gasteiger partial charge >= 0.3 is 6.18 Å². The third-order valence-corrected chi connectivity index (χ3v) is 4.95. The summed E-state index contributed by atoms with van der Waals surface area (Å²) in [6, 6.07) is 0.773. The number of alkyl halides is 3. The van der Waals surface area contributed by atoms with Crippen LogP contribution in [-0.2, 0) is 12.7 Å². The van der Waals surface area contributed by atoms with E-state index in [0.717, 1.165) is 17.4 Å². The van der Waals surface area contributed by atoms with E-state index in [9.17, 15) is 17.6 Å². The summed E-state index contributed by atoms with van der Waals surface area (Å²) in [6.07, 6.45) is -3.15. The third kappa shape index (κ3) is 3.88. The number of rotatable bonds is 3. The molecule has 0 aliphatic rings. The van der Waals surface area contributed by atoms with Gasteiger partial charge < -0.3 is 5.32 Å². The highest BCUT2D eigenvalue weighted by Crippen LogP contribution is 2.44. The summed E-state index contributed by atoms with van der Waals surface area (Å²) < 4.78 is 52.3. The van der Waals surface area contributed by atoms with Gasteiger partial charge in [0.2, 0.25) is 0 Å². The highest BCUT2D eigenvalue weighted by Gasteiger charge is 2.37. The SMILES string of the molecule is Fc1cc(Br)c(C(F)(F)F)c(Br)c1NCc1cnc(Cl)s1. The lowest BCUT2D eigenvalue weighted by Crippen LogP contribution is -2.11. The molecule has 1 aromatic heterocycles. The van der Waals surface area contributed by atoms with E-state index in [4.69, 9.17) is 11.6 Å². The van der Waals surface area contributed by atoms with Gasteiger partial charge in [-0.05, 0) is 22.0 Å². The second kappa shape index (κ2) is 6.39. The van der Waals surface area contributed by atoms with Gasteiger partial charge in [-0.1, -0.05) is 27.5 Å². The van der Waals surface area contributed by atoms with E-state index in [1.165, 1.54) is 6.20 Å². The number of aromatic nitrogens is 1. The third-order valence-electron chi connectivity index (χ3n) is 2.42. The molecule has 0 atom stereocenters. The van der Waals surface area contributed by atoms with E-state index in [2.05, 4.69) is 42.2 Å². The Morgan fingerprint density at radius 3 is 2.52 bits per heavy atom. The molecule has 2 aromatic rings. The van der Waals surface area contributed by atoms with Crippen molar-refractivity contribution in [2.24, 2.45) is 0 Å². The topological polar surface area (TPSA) is 24.9 Å². The van der Waals surface area contributed by atoms with Crippen LogP contribution in [0.3, 0.4) is 0 Å². The molecule has 2 nitrogen and oxygen atoms in total. The number of benzene rings is 1. The molecule has 0 saturated carbocycles. The minimum Gasteiger partial charge on any atom is -0.377 e. The highest BCUT2D eigenvalue weighted by molar-refractivity contribution is 9.11. The molecule has 2 rings (SSSR count). The summed E-state index contributed by atoms with van der Waals surface area (Å²) in [6.45, 7) is 0.110. The van der Waals surface area contributed by atoms with Crippen LogP contribution in [-0.4, -0.2) is 4.98 Å². The largest absolute Gasteiger partial charge is 0.418 e. The number of thiazole rings is 1. The summed E-state index contributed by atoms with van der Waals surface area (Å²) in [4.78, 5) is 4.46. The van der Waals surface area contributed by atoms with Gasteiger partial charge in [0.15, 0.2) is 4.47 Å². The zero-order chi connectivity index (χ0) is 15.8. The number of hydrogen-bond acceptors (Lipinski definition) is 3. The van der Waals surface area contributed by atoms with E-state index in [0.29, 0.717) is 9.34 Å². The fraction of sp³-hybridized carbons (Fsp3) is 0.182. The Hall–Kier alpha value is -0.380. The average molecular weight is 468 g/mol. The van der Waals surface area contributed by atoms with E-state index in [1.54, 1.807) is 0 Å². The molecule has 21 heavy (non-hydrogen) atoms. The Morgan fingerprint density at radius 1 is 1.33 bits per heavy atom. The fourth-order valence-corrected chi connectivity index (χ4v) is 4.13. The van der Waals surface area contributed by atoms with Crippen LogP contribution >= 0.6 is 54.8 Å². The van der Waals surface area contributed by atoms with Crippen molar-refractivity contribution in [3.05, 3.63) is 41.9 Å². The maximum Gasteiger partial charge on any atom is 0.418 e. The maximum atomic E-state index is 13.9. The number of hydrogen-bond donors (Lipinski definition) is 1. The Morgan fingerprint density at radius 2 is 2.00 bits per heavy atom. The standard InChI is InChI=1S/C11H5Br2ClF4N2S/c12-5-1-6(15)9(8(13)7(5)11(16,17)18)19-2-4-3-20-10(14)21-4/h1,3,19H,2H2. The van der Waals surface area contributed by atoms with E-state index in [1.807, 2.05) is 0 Å². The fourth-order valence-electron chi connectivity index (χ4n) is 1.55. The smallest absolute Gasteiger partial charge is 0.377 e. The van der Waals surface area contributed by atoms with Crippen molar-refractivity contribution in [2.75, 3.05) is 5.32 Å². The number of nitrogens with one attached hydrogen (secondary N) is 1. The van der Waals surface area contributed by atoms with Gasteiger partial charge in [0.25, 0.3) is 0 Å². The second-order valence-corrected chi connectivity index (χ2v) is 7.18. The van der Waals surface area contributed by atoms with Crippen molar-refractivity contribution in [1.82, 2.24) is 4.98 Å². The van der Waals surface area contributed by atoms with Crippen LogP contribution in [0.2, 0.25) is 4.47 Å². The lowest BCUT2D eigenvalue weighted by molar-refractivity contribution is -0.138. The van der Waals surface area contributed by atoms with Gasteiger partial charge in [-0.25, -0.2) is 9.37 Å². The zero-order valence-corrected chi connectivity index (χ0v) is 14.6. The Bertz CT molecular complexity index is 675. The zero-order valence-electron chi connectivity index (χ0n) is 9.86. The predicted molar refractivity (Wildman–Crippen MR) is 81.3 cm³/mol. The predicted octanol–water partition coefficient (Wildman–Crippen LogP) is 6.09. The molecule has 0 bridgehead atoms. The summed E-state index contributed by atoms with van der Waals surface area (Å²) in [5.41, 5.74) is -1.25.